The van der Waals surface area contributed by atoms with E-state index >= 15 is 0 Å². The van der Waals surface area contributed by atoms with Crippen molar-refractivity contribution >= 4 is 27.6 Å². The fraction of sp³-hybridized carbons (Fsp3) is 0.118. The third kappa shape index (κ3) is 5.81. The summed E-state index contributed by atoms with van der Waals surface area (Å²) in [4.78, 5) is 4.43. The van der Waals surface area contributed by atoms with Crippen molar-refractivity contribution in [1.82, 2.24) is 9.55 Å². The minimum atomic E-state index is -1.79. The van der Waals surface area contributed by atoms with Gasteiger partial charge in [0.2, 0.25) is 0 Å². The molecule has 0 N–H and O–H groups in total. The quantitative estimate of drug-likeness (QED) is 0.317. The van der Waals surface area contributed by atoms with Crippen molar-refractivity contribution in [2.45, 2.75) is 13.5 Å². The molecule has 138 valence electrons. The molecule has 0 aliphatic heterocycles. The van der Waals surface area contributed by atoms with Crippen LogP contribution < -0.4 is 0 Å². The van der Waals surface area contributed by atoms with E-state index in [1.807, 2.05) is 11.5 Å². The van der Waals surface area contributed by atoms with Crippen LogP contribution in [0.3, 0.4) is 0 Å². The SMILES string of the molecule is CCn1cnc(-c2ccc(F)cc2)c1-c1ccc(F)cc1.[Cl][Au]([Cl])[Cl]. The summed E-state index contributed by atoms with van der Waals surface area (Å²) in [5, 5.41) is 0. The first-order valence-electron chi connectivity index (χ1n) is 7.10. The van der Waals surface area contributed by atoms with Crippen LogP contribution in [0.1, 0.15) is 6.92 Å². The predicted molar refractivity (Wildman–Crippen MR) is 96.2 cm³/mol. The number of nitrogens with zero attached hydrogens (tertiary/aromatic N) is 2. The Hall–Kier alpha value is -0.880. The summed E-state index contributed by atoms with van der Waals surface area (Å²) in [5.41, 5.74) is 3.39. The average molecular weight is 588 g/mol. The van der Waals surface area contributed by atoms with Crippen LogP contribution in [0, 0.1) is 11.6 Å². The van der Waals surface area contributed by atoms with Crippen LogP contribution in [-0.2, 0) is 21.7 Å². The fourth-order valence-corrected chi connectivity index (χ4v) is 2.35. The van der Waals surface area contributed by atoms with Gasteiger partial charge in [-0.25, -0.2) is 13.8 Å². The molecule has 1 aromatic heterocycles. The van der Waals surface area contributed by atoms with Gasteiger partial charge in [0.05, 0.1) is 17.7 Å². The van der Waals surface area contributed by atoms with E-state index in [0.29, 0.717) is 0 Å². The van der Waals surface area contributed by atoms with E-state index in [2.05, 4.69) is 4.98 Å². The topological polar surface area (TPSA) is 17.8 Å². The van der Waals surface area contributed by atoms with Gasteiger partial charge in [0, 0.05) is 17.7 Å². The van der Waals surface area contributed by atoms with E-state index in [1.54, 1.807) is 30.6 Å². The zero-order valence-electron chi connectivity index (χ0n) is 13.0. The second-order valence-corrected chi connectivity index (χ2v) is 14.3. The summed E-state index contributed by atoms with van der Waals surface area (Å²) in [5.74, 6) is -0.554. The second-order valence-electron chi connectivity index (χ2n) is 4.87. The Bertz CT molecular complexity index is 803. The van der Waals surface area contributed by atoms with Crippen LogP contribution in [-0.4, -0.2) is 9.55 Å². The van der Waals surface area contributed by atoms with Crippen molar-refractivity contribution in [3.8, 4) is 22.5 Å². The van der Waals surface area contributed by atoms with Crippen molar-refractivity contribution in [3.63, 3.8) is 0 Å². The van der Waals surface area contributed by atoms with Crippen LogP contribution in [0.15, 0.2) is 54.9 Å². The number of halogens is 5. The summed E-state index contributed by atoms with van der Waals surface area (Å²) in [6.45, 7) is 2.77. The van der Waals surface area contributed by atoms with E-state index in [9.17, 15) is 8.78 Å². The fourth-order valence-electron chi connectivity index (χ4n) is 2.35. The minimum absolute atomic E-state index is 0.273. The van der Waals surface area contributed by atoms with E-state index in [0.717, 1.165) is 29.1 Å². The Labute approximate surface area is 163 Å². The van der Waals surface area contributed by atoms with Crippen LogP contribution in [0.25, 0.3) is 22.5 Å². The summed E-state index contributed by atoms with van der Waals surface area (Å²) in [6.07, 6.45) is 1.75. The molecule has 0 unspecified atom stereocenters. The van der Waals surface area contributed by atoms with E-state index in [-0.39, 0.29) is 11.6 Å². The monoisotopic (exact) mass is 586 g/mol. The van der Waals surface area contributed by atoms with Gasteiger partial charge in [-0.1, -0.05) is 0 Å². The van der Waals surface area contributed by atoms with Gasteiger partial charge in [0.25, 0.3) is 0 Å². The maximum absolute atomic E-state index is 13.1. The van der Waals surface area contributed by atoms with Crippen molar-refractivity contribution < 1.29 is 24.0 Å². The van der Waals surface area contributed by atoms with Gasteiger partial charge in [-0.3, -0.25) is 0 Å². The number of hydrogen-bond acceptors (Lipinski definition) is 1. The van der Waals surface area contributed by atoms with E-state index in [4.69, 9.17) is 27.6 Å². The first-order chi connectivity index (χ1) is 11.9. The molecule has 0 bridgehead atoms. The number of aryl methyl sites for hydroxylation is 1. The summed E-state index contributed by atoms with van der Waals surface area (Å²) in [7, 11) is 14.9. The van der Waals surface area contributed by atoms with Crippen molar-refractivity contribution in [2.24, 2.45) is 0 Å². The molecular formula is C17H14AuCl3F2N2. The van der Waals surface area contributed by atoms with Crippen LogP contribution in [0.5, 0.6) is 0 Å². The summed E-state index contributed by atoms with van der Waals surface area (Å²) >= 11 is -1.79. The molecule has 8 heteroatoms. The first-order valence-corrected chi connectivity index (χ1v) is 15.2. The third-order valence-electron chi connectivity index (χ3n) is 3.41. The molecule has 1 heterocycles. The molecule has 25 heavy (non-hydrogen) atoms. The van der Waals surface area contributed by atoms with Gasteiger partial charge >= 0.3 is 42.8 Å². The molecule has 3 aromatic rings. The molecular weight excluding hydrogens is 574 g/mol. The van der Waals surface area contributed by atoms with Gasteiger partial charge < -0.3 is 4.57 Å². The molecule has 0 saturated carbocycles. The van der Waals surface area contributed by atoms with Crippen molar-refractivity contribution in [1.29, 1.82) is 0 Å². The predicted octanol–water partition coefficient (Wildman–Crippen LogP) is 6.58. The van der Waals surface area contributed by atoms with Crippen LogP contribution >= 0.6 is 27.6 Å². The molecule has 0 amide bonds. The third-order valence-corrected chi connectivity index (χ3v) is 3.41. The molecule has 0 aliphatic rings. The average Bonchev–Trinajstić information content (AvgIpc) is 3.00. The molecule has 0 radical (unpaired) electrons. The number of hydrogen-bond donors (Lipinski definition) is 0. The van der Waals surface area contributed by atoms with Gasteiger partial charge in [-0.05, 0) is 55.5 Å². The van der Waals surface area contributed by atoms with Gasteiger partial charge in [-0.15, -0.1) is 0 Å². The van der Waals surface area contributed by atoms with Crippen LogP contribution in [0.4, 0.5) is 8.78 Å². The number of rotatable bonds is 3. The van der Waals surface area contributed by atoms with Crippen LogP contribution in [0.2, 0.25) is 0 Å². The van der Waals surface area contributed by atoms with Crippen molar-refractivity contribution in [3.05, 3.63) is 66.5 Å². The summed E-state index contributed by atoms with van der Waals surface area (Å²) in [6, 6.07) is 12.5. The number of aromatic nitrogens is 2. The molecule has 0 fully saturated rings. The Morgan fingerprint density at radius 2 is 1.32 bits per heavy atom. The Morgan fingerprint density at radius 3 is 1.76 bits per heavy atom. The molecule has 0 atom stereocenters. The number of imidazole rings is 1. The Balaban J connectivity index is 0.000000511. The standard InChI is InChI=1S/C17H14F2N2.Au.3ClH/c1-2-21-11-20-16(12-3-7-14(18)8-4-12)17(21)13-5-9-15(19)10-6-13;;;;/h3-11H,2H2,1H3;;3*1H/q;+3;;;/p-3. The van der Waals surface area contributed by atoms with E-state index in [1.165, 1.54) is 24.3 Å². The van der Waals surface area contributed by atoms with Gasteiger partial charge in [0.1, 0.15) is 11.6 Å². The molecule has 3 rings (SSSR count). The molecule has 0 aliphatic carbocycles. The molecule has 0 saturated heterocycles. The van der Waals surface area contributed by atoms with Gasteiger partial charge in [-0.2, -0.15) is 0 Å². The number of benzene rings is 2. The van der Waals surface area contributed by atoms with Crippen molar-refractivity contribution in [2.75, 3.05) is 0 Å². The molecule has 0 spiro atoms. The molecule has 2 nitrogen and oxygen atoms in total. The maximum atomic E-state index is 13.1. The first kappa shape index (κ1) is 20.4. The Morgan fingerprint density at radius 1 is 0.880 bits per heavy atom. The zero-order chi connectivity index (χ0) is 18.4. The normalized spacial score (nSPS) is 10.9. The van der Waals surface area contributed by atoms with Gasteiger partial charge in [0.15, 0.2) is 0 Å². The Kier molecular flexibility index (Phi) is 7.94. The zero-order valence-corrected chi connectivity index (χ0v) is 17.4. The molecule has 2 aromatic carbocycles. The summed E-state index contributed by atoms with van der Waals surface area (Å²) < 4.78 is 28.2. The van der Waals surface area contributed by atoms with E-state index < -0.39 is 15.2 Å². The second kappa shape index (κ2) is 9.72.